The third-order valence-corrected chi connectivity index (χ3v) is 4.39. The smallest absolute Gasteiger partial charge is 0.260 e. The fourth-order valence-corrected chi connectivity index (χ4v) is 3.10. The minimum Gasteiger partial charge on any atom is -0.466 e. The van der Waals surface area contributed by atoms with Gasteiger partial charge in [-0.3, -0.25) is 4.79 Å². The molecule has 2 aromatic heterocycles. The highest BCUT2D eigenvalue weighted by atomic mass is 16.5. The number of carbonyl (C=O) groups excluding carboxylic acids is 1. The van der Waals surface area contributed by atoms with Gasteiger partial charge in [0.05, 0.1) is 11.8 Å². The normalized spacial score (nSPS) is 15.3. The van der Waals surface area contributed by atoms with Crippen LogP contribution < -0.4 is 4.74 Å². The minimum absolute atomic E-state index is 0.0345. The lowest BCUT2D eigenvalue weighted by atomic mass is 10.1. The van der Waals surface area contributed by atoms with E-state index in [4.69, 9.17) is 9.47 Å². The molecule has 0 spiro atoms. The van der Waals surface area contributed by atoms with Gasteiger partial charge in [0, 0.05) is 31.5 Å². The van der Waals surface area contributed by atoms with Gasteiger partial charge in [0.2, 0.25) is 5.88 Å². The van der Waals surface area contributed by atoms with E-state index in [1.165, 1.54) is 0 Å². The Morgan fingerprint density at radius 1 is 1.23 bits per heavy atom. The zero-order chi connectivity index (χ0) is 18.5. The van der Waals surface area contributed by atoms with Gasteiger partial charge in [-0.05, 0) is 45.7 Å². The van der Waals surface area contributed by atoms with Crippen molar-refractivity contribution in [3.63, 3.8) is 0 Å². The van der Waals surface area contributed by atoms with Gasteiger partial charge < -0.3 is 14.4 Å². The molecule has 0 unspecified atom stereocenters. The number of likely N-dealkylation sites (tertiary alicyclic amines) is 1. The van der Waals surface area contributed by atoms with Crippen LogP contribution in [-0.2, 0) is 9.53 Å². The number of nitrogens with zero attached hydrogens (tertiary/aromatic N) is 5. The number of aromatic nitrogens is 4. The molecule has 0 atom stereocenters. The molecule has 26 heavy (non-hydrogen) atoms. The molecular weight excluding hydrogens is 334 g/mol. The van der Waals surface area contributed by atoms with E-state index in [1.807, 2.05) is 31.7 Å². The van der Waals surface area contributed by atoms with Crippen LogP contribution in [0.4, 0.5) is 0 Å². The molecule has 3 heterocycles. The molecule has 0 aromatic carbocycles. The predicted octanol–water partition coefficient (Wildman–Crippen LogP) is 1.69. The van der Waals surface area contributed by atoms with Gasteiger partial charge in [-0.15, -0.1) is 10.2 Å². The summed E-state index contributed by atoms with van der Waals surface area (Å²) < 4.78 is 12.8. The fraction of sp³-hybridized carbons (Fsp3) is 0.556. The Hall–Kier alpha value is -2.48. The molecule has 0 N–H and O–H groups in total. The summed E-state index contributed by atoms with van der Waals surface area (Å²) in [5.41, 5.74) is 1.90. The highest BCUT2D eigenvalue weighted by Crippen LogP contribution is 2.15. The molecule has 1 fully saturated rings. The lowest BCUT2D eigenvalue weighted by Gasteiger charge is -2.31. The van der Waals surface area contributed by atoms with E-state index >= 15 is 0 Å². The van der Waals surface area contributed by atoms with E-state index in [-0.39, 0.29) is 18.6 Å². The monoisotopic (exact) mass is 359 g/mol. The van der Waals surface area contributed by atoms with Crippen molar-refractivity contribution in [1.82, 2.24) is 24.9 Å². The van der Waals surface area contributed by atoms with E-state index in [1.54, 1.807) is 16.8 Å². The second kappa shape index (κ2) is 8.27. The van der Waals surface area contributed by atoms with Gasteiger partial charge in [-0.2, -0.15) is 5.10 Å². The summed E-state index contributed by atoms with van der Waals surface area (Å²) in [7, 11) is 0. The van der Waals surface area contributed by atoms with Crippen LogP contribution in [-0.4, -0.2) is 63.2 Å². The molecular formula is C18H25N5O3. The minimum atomic E-state index is -0.0376. The van der Waals surface area contributed by atoms with Crippen molar-refractivity contribution in [3.05, 3.63) is 29.6 Å². The lowest BCUT2D eigenvalue weighted by Crippen LogP contribution is -2.43. The van der Waals surface area contributed by atoms with Crippen molar-refractivity contribution >= 4 is 5.91 Å². The van der Waals surface area contributed by atoms with Gasteiger partial charge >= 0.3 is 0 Å². The highest BCUT2D eigenvalue weighted by molar-refractivity contribution is 5.77. The van der Waals surface area contributed by atoms with E-state index in [9.17, 15) is 4.79 Å². The summed E-state index contributed by atoms with van der Waals surface area (Å²) in [5, 5.41) is 12.5. The third kappa shape index (κ3) is 4.37. The molecule has 0 radical (unpaired) electrons. The van der Waals surface area contributed by atoms with Crippen LogP contribution >= 0.6 is 0 Å². The largest absolute Gasteiger partial charge is 0.466 e. The first-order chi connectivity index (χ1) is 12.6. The first-order valence-electron chi connectivity index (χ1n) is 8.96. The van der Waals surface area contributed by atoms with E-state index in [0.717, 1.165) is 24.2 Å². The van der Waals surface area contributed by atoms with Crippen molar-refractivity contribution in [2.24, 2.45) is 0 Å². The molecule has 3 rings (SSSR count). The predicted molar refractivity (Wildman–Crippen MR) is 95.4 cm³/mol. The summed E-state index contributed by atoms with van der Waals surface area (Å²) in [4.78, 5) is 14.1. The quantitative estimate of drug-likeness (QED) is 0.780. The summed E-state index contributed by atoms with van der Waals surface area (Å²) in [6.07, 6.45) is 2.01. The molecule has 0 bridgehead atoms. The topological polar surface area (TPSA) is 82.4 Å². The standard InChI is InChI=1S/C18H25N5O3/c1-4-25-15-7-9-22(10-8-15)18(24)12-26-17-6-5-16(19-20-17)23-14(3)11-13(2)21-23/h5-6,11,15H,4,7-10,12H2,1-3H3. The maximum atomic E-state index is 12.3. The first kappa shape index (κ1) is 18.3. The van der Waals surface area contributed by atoms with Gasteiger partial charge in [0.15, 0.2) is 12.4 Å². The van der Waals surface area contributed by atoms with Gasteiger partial charge in [0.25, 0.3) is 5.91 Å². The van der Waals surface area contributed by atoms with E-state index < -0.39 is 0 Å². The summed E-state index contributed by atoms with van der Waals surface area (Å²) in [5.74, 6) is 0.907. The van der Waals surface area contributed by atoms with Crippen molar-refractivity contribution in [2.75, 3.05) is 26.3 Å². The van der Waals surface area contributed by atoms with Gasteiger partial charge in [0.1, 0.15) is 0 Å². The molecule has 8 nitrogen and oxygen atoms in total. The van der Waals surface area contributed by atoms with E-state index in [0.29, 0.717) is 31.4 Å². The highest BCUT2D eigenvalue weighted by Gasteiger charge is 2.23. The number of hydrogen-bond donors (Lipinski definition) is 0. The number of ether oxygens (including phenoxy) is 2. The number of piperidine rings is 1. The second-order valence-corrected chi connectivity index (χ2v) is 6.39. The van der Waals surface area contributed by atoms with Crippen LogP contribution in [0.1, 0.15) is 31.2 Å². The zero-order valence-corrected chi connectivity index (χ0v) is 15.5. The third-order valence-electron chi connectivity index (χ3n) is 4.39. The van der Waals surface area contributed by atoms with Crippen LogP contribution in [0.15, 0.2) is 18.2 Å². The molecule has 1 amide bonds. The molecule has 1 saturated heterocycles. The Bertz CT molecular complexity index is 736. The summed E-state index contributed by atoms with van der Waals surface area (Å²) in [6.45, 7) is 7.97. The van der Waals surface area contributed by atoms with Crippen LogP contribution in [0, 0.1) is 13.8 Å². The summed E-state index contributed by atoms with van der Waals surface area (Å²) >= 11 is 0. The number of aryl methyl sites for hydroxylation is 2. The Morgan fingerprint density at radius 2 is 2.00 bits per heavy atom. The van der Waals surface area contributed by atoms with Crippen molar-refractivity contribution < 1.29 is 14.3 Å². The number of hydrogen-bond acceptors (Lipinski definition) is 6. The Morgan fingerprint density at radius 3 is 2.58 bits per heavy atom. The lowest BCUT2D eigenvalue weighted by molar-refractivity contribution is -0.136. The molecule has 1 aliphatic heterocycles. The number of rotatable bonds is 6. The maximum Gasteiger partial charge on any atom is 0.260 e. The fourth-order valence-electron chi connectivity index (χ4n) is 3.10. The second-order valence-electron chi connectivity index (χ2n) is 6.39. The molecule has 1 aliphatic rings. The van der Waals surface area contributed by atoms with Crippen LogP contribution in [0.2, 0.25) is 0 Å². The maximum absolute atomic E-state index is 12.3. The van der Waals surface area contributed by atoms with Gasteiger partial charge in [-0.1, -0.05) is 0 Å². The Labute approximate surface area is 153 Å². The van der Waals surface area contributed by atoms with Crippen LogP contribution in [0.3, 0.4) is 0 Å². The van der Waals surface area contributed by atoms with Crippen LogP contribution in [0.5, 0.6) is 5.88 Å². The first-order valence-corrected chi connectivity index (χ1v) is 8.96. The van der Waals surface area contributed by atoms with Crippen molar-refractivity contribution in [2.45, 2.75) is 39.7 Å². The molecule has 8 heteroatoms. The zero-order valence-electron chi connectivity index (χ0n) is 15.5. The van der Waals surface area contributed by atoms with E-state index in [2.05, 4.69) is 15.3 Å². The number of carbonyl (C=O) groups is 1. The summed E-state index contributed by atoms with van der Waals surface area (Å²) in [6, 6.07) is 5.45. The van der Waals surface area contributed by atoms with Crippen molar-refractivity contribution in [1.29, 1.82) is 0 Å². The Balaban J connectivity index is 1.50. The average molecular weight is 359 g/mol. The molecule has 0 aliphatic carbocycles. The molecule has 140 valence electrons. The molecule has 0 saturated carbocycles. The number of amides is 1. The SMILES string of the molecule is CCOC1CCN(C(=O)COc2ccc(-n3nc(C)cc3C)nn2)CC1. The Kier molecular flexibility index (Phi) is 5.82. The van der Waals surface area contributed by atoms with Crippen molar-refractivity contribution in [3.8, 4) is 11.7 Å². The van der Waals surface area contributed by atoms with Crippen LogP contribution in [0.25, 0.3) is 5.82 Å². The van der Waals surface area contributed by atoms with Gasteiger partial charge in [-0.25, -0.2) is 4.68 Å². The average Bonchev–Trinajstić information content (AvgIpc) is 2.99. The molecule has 2 aromatic rings.